The Balaban J connectivity index is 1.70. The Morgan fingerprint density at radius 2 is 2.31 bits per heavy atom. The van der Waals surface area contributed by atoms with Crippen molar-refractivity contribution in [2.45, 2.75) is 19.4 Å². The summed E-state index contributed by atoms with van der Waals surface area (Å²) in [7, 11) is -3.09. The van der Waals surface area contributed by atoms with Gasteiger partial charge in [0.2, 0.25) is 5.91 Å². The summed E-state index contributed by atoms with van der Waals surface area (Å²) in [5, 5.41) is 0. The molecule has 3 heterocycles. The molecule has 0 bridgehead atoms. The summed E-state index contributed by atoms with van der Waals surface area (Å²) in [6, 6.07) is 3.09. The maximum Gasteiger partial charge on any atom is 0.266 e. The average Bonchev–Trinajstić information content (AvgIpc) is 3.26. The van der Waals surface area contributed by atoms with Crippen LogP contribution in [0.15, 0.2) is 27.7 Å². The molecule has 0 saturated carbocycles. The van der Waals surface area contributed by atoms with E-state index in [0.29, 0.717) is 28.0 Å². The number of thiocarbonyl (C=S) groups is 1. The van der Waals surface area contributed by atoms with Crippen LogP contribution in [0, 0.1) is 0 Å². The topological polar surface area (TPSA) is 87.9 Å². The monoisotopic (exact) mass is 414 g/mol. The quantitative estimate of drug-likeness (QED) is 0.533. The van der Waals surface area contributed by atoms with Crippen LogP contribution in [0.5, 0.6) is 0 Å². The highest BCUT2D eigenvalue weighted by Gasteiger charge is 2.38. The molecule has 0 spiro atoms. The van der Waals surface area contributed by atoms with E-state index in [-0.39, 0.29) is 35.9 Å². The molecule has 26 heavy (non-hydrogen) atoms. The van der Waals surface area contributed by atoms with Crippen LogP contribution in [0.4, 0.5) is 0 Å². The van der Waals surface area contributed by atoms with Crippen LogP contribution in [0.2, 0.25) is 0 Å². The van der Waals surface area contributed by atoms with Gasteiger partial charge in [0.15, 0.2) is 9.84 Å². The number of nitrogens with zero attached hydrogens (tertiary/aromatic N) is 2. The highest BCUT2D eigenvalue weighted by atomic mass is 32.2. The summed E-state index contributed by atoms with van der Waals surface area (Å²) in [5.41, 5.74) is 0. The van der Waals surface area contributed by atoms with Gasteiger partial charge in [-0.15, -0.1) is 0 Å². The van der Waals surface area contributed by atoms with Gasteiger partial charge >= 0.3 is 0 Å². The molecule has 0 aliphatic carbocycles. The van der Waals surface area contributed by atoms with Crippen molar-refractivity contribution in [2.75, 3.05) is 24.6 Å². The minimum absolute atomic E-state index is 0.0244. The van der Waals surface area contributed by atoms with Crippen molar-refractivity contribution in [3.8, 4) is 0 Å². The normalized spacial score (nSPS) is 23.8. The smallest absolute Gasteiger partial charge is 0.266 e. The maximum absolute atomic E-state index is 12.7. The van der Waals surface area contributed by atoms with Gasteiger partial charge in [0.25, 0.3) is 5.91 Å². The van der Waals surface area contributed by atoms with Crippen LogP contribution in [0.25, 0.3) is 6.08 Å². The maximum atomic E-state index is 12.7. The molecule has 1 atom stereocenters. The number of amides is 2. The first-order valence-corrected chi connectivity index (χ1v) is 11.1. The van der Waals surface area contributed by atoms with Gasteiger partial charge in [-0.2, -0.15) is 0 Å². The van der Waals surface area contributed by atoms with Crippen molar-refractivity contribution in [3.63, 3.8) is 0 Å². The number of rotatable bonds is 5. The van der Waals surface area contributed by atoms with E-state index in [1.807, 2.05) is 0 Å². The second kappa shape index (κ2) is 7.53. The fourth-order valence-corrected chi connectivity index (χ4v) is 5.99. The van der Waals surface area contributed by atoms with E-state index in [1.165, 1.54) is 16.1 Å². The zero-order valence-electron chi connectivity index (χ0n) is 14.1. The van der Waals surface area contributed by atoms with Crippen molar-refractivity contribution in [2.24, 2.45) is 0 Å². The molecule has 1 unspecified atom stereocenters. The van der Waals surface area contributed by atoms with Crippen molar-refractivity contribution < 1.29 is 22.4 Å². The molecule has 140 valence electrons. The highest BCUT2D eigenvalue weighted by Crippen LogP contribution is 2.32. The van der Waals surface area contributed by atoms with Crippen molar-refractivity contribution in [1.29, 1.82) is 0 Å². The summed E-state index contributed by atoms with van der Waals surface area (Å²) < 4.78 is 28.9. The van der Waals surface area contributed by atoms with Crippen LogP contribution in [-0.2, 0) is 19.4 Å². The lowest BCUT2D eigenvalue weighted by Gasteiger charge is -2.28. The van der Waals surface area contributed by atoms with Gasteiger partial charge < -0.3 is 9.32 Å². The van der Waals surface area contributed by atoms with Gasteiger partial charge in [0.05, 0.1) is 22.7 Å². The summed E-state index contributed by atoms with van der Waals surface area (Å²) in [5.74, 6) is -0.0502. The molecule has 0 aromatic carbocycles. The predicted molar refractivity (Wildman–Crippen MR) is 103 cm³/mol. The minimum atomic E-state index is -3.09. The number of hydrogen-bond acceptors (Lipinski definition) is 7. The van der Waals surface area contributed by atoms with Gasteiger partial charge in [-0.05, 0) is 25.5 Å². The molecule has 2 aliphatic heterocycles. The van der Waals surface area contributed by atoms with E-state index < -0.39 is 9.84 Å². The number of carbonyl (C=O) groups excluding carboxylic acids is 2. The molecule has 2 aliphatic rings. The lowest BCUT2D eigenvalue weighted by atomic mass is 10.2. The first-order chi connectivity index (χ1) is 12.3. The van der Waals surface area contributed by atoms with E-state index in [1.54, 1.807) is 25.1 Å². The van der Waals surface area contributed by atoms with Crippen LogP contribution in [0.3, 0.4) is 0 Å². The van der Waals surface area contributed by atoms with Crippen molar-refractivity contribution >= 4 is 56.0 Å². The molecule has 2 amide bonds. The third-order valence-corrected chi connectivity index (χ3v) is 7.42. The Morgan fingerprint density at radius 3 is 2.88 bits per heavy atom. The van der Waals surface area contributed by atoms with Crippen LogP contribution >= 0.6 is 24.0 Å². The third-order valence-electron chi connectivity index (χ3n) is 4.29. The third kappa shape index (κ3) is 4.02. The van der Waals surface area contributed by atoms with Crippen molar-refractivity contribution in [3.05, 3.63) is 29.1 Å². The number of sulfone groups is 1. The lowest BCUT2D eigenvalue weighted by molar-refractivity contribution is -0.136. The predicted octanol–water partition coefficient (Wildman–Crippen LogP) is 1.52. The van der Waals surface area contributed by atoms with Gasteiger partial charge in [-0.25, -0.2) is 8.42 Å². The average molecular weight is 415 g/mol. The van der Waals surface area contributed by atoms with Gasteiger partial charge in [0.1, 0.15) is 16.6 Å². The second-order valence-corrected chi connectivity index (χ2v) is 9.92. The van der Waals surface area contributed by atoms with Gasteiger partial charge in [0, 0.05) is 18.7 Å². The summed E-state index contributed by atoms with van der Waals surface area (Å²) >= 11 is 6.35. The first-order valence-electron chi connectivity index (χ1n) is 8.09. The Kier molecular flexibility index (Phi) is 5.54. The van der Waals surface area contributed by atoms with E-state index in [2.05, 4.69) is 0 Å². The molecular formula is C16H18N2O5S3. The van der Waals surface area contributed by atoms with E-state index in [0.717, 1.165) is 11.8 Å². The fraction of sp³-hybridized carbons (Fsp3) is 0.438. The summed E-state index contributed by atoms with van der Waals surface area (Å²) in [6.07, 6.45) is 3.52. The van der Waals surface area contributed by atoms with Crippen molar-refractivity contribution in [1.82, 2.24) is 9.80 Å². The number of hydrogen-bond donors (Lipinski definition) is 0. The van der Waals surface area contributed by atoms with E-state index in [4.69, 9.17) is 16.6 Å². The highest BCUT2D eigenvalue weighted by molar-refractivity contribution is 8.26. The first kappa shape index (κ1) is 19.1. The number of thioether (sulfide) groups is 1. The van der Waals surface area contributed by atoms with Crippen LogP contribution in [-0.4, -0.2) is 65.0 Å². The van der Waals surface area contributed by atoms with Crippen LogP contribution in [0.1, 0.15) is 19.1 Å². The molecule has 1 aromatic heterocycles. The van der Waals surface area contributed by atoms with Gasteiger partial charge in [-0.1, -0.05) is 24.0 Å². The molecule has 10 heteroatoms. The molecule has 0 radical (unpaired) electrons. The largest absolute Gasteiger partial charge is 0.465 e. The molecule has 2 fully saturated rings. The Labute approximate surface area is 161 Å². The Bertz CT molecular complexity index is 860. The van der Waals surface area contributed by atoms with E-state index >= 15 is 0 Å². The number of likely N-dealkylation sites (N-methyl/N-ethyl adjacent to an activating group) is 1. The molecule has 1 aromatic rings. The molecule has 2 saturated heterocycles. The second-order valence-electron chi connectivity index (χ2n) is 6.02. The molecule has 7 nitrogen and oxygen atoms in total. The lowest BCUT2D eigenvalue weighted by Crippen LogP contribution is -2.47. The van der Waals surface area contributed by atoms with Crippen LogP contribution < -0.4 is 0 Å². The zero-order valence-corrected chi connectivity index (χ0v) is 16.5. The van der Waals surface area contributed by atoms with Gasteiger partial charge in [-0.3, -0.25) is 14.5 Å². The SMILES string of the molecule is CCN(C(=O)CN1C(=O)/C(=C/c2ccco2)SC1=S)C1CCS(=O)(=O)C1. The van der Waals surface area contributed by atoms with E-state index in [9.17, 15) is 18.0 Å². The summed E-state index contributed by atoms with van der Waals surface area (Å²) in [6.45, 7) is 1.99. The molecule has 3 rings (SSSR count). The summed E-state index contributed by atoms with van der Waals surface area (Å²) in [4.78, 5) is 28.4. The fourth-order valence-electron chi connectivity index (χ4n) is 3.02. The zero-order chi connectivity index (χ0) is 18.9. The number of carbonyl (C=O) groups is 2. The Morgan fingerprint density at radius 1 is 1.54 bits per heavy atom. The molecular weight excluding hydrogens is 396 g/mol. The standard InChI is InChI=1S/C16H18N2O5S3/c1-2-17(11-5-7-26(21,22)10-11)14(19)9-18-15(20)13(25-16(18)24)8-12-4-3-6-23-12/h3-4,6,8,11H,2,5,7,9-10H2,1H3/b13-8-. The Hall–Kier alpha value is -1.65. The molecule has 0 N–H and O–H groups in total. The number of furan rings is 1. The minimum Gasteiger partial charge on any atom is -0.465 e.